The molecule has 0 saturated carbocycles. The van der Waals surface area contributed by atoms with E-state index in [0.717, 1.165) is 10.2 Å². The molecule has 0 saturated heterocycles. The van der Waals surface area contributed by atoms with Crippen molar-refractivity contribution < 1.29 is 4.42 Å². The third-order valence-corrected chi connectivity index (χ3v) is 3.51. The molecule has 1 heterocycles. The number of nitrogen functional groups attached to an aromatic ring is 1. The lowest BCUT2D eigenvalue weighted by molar-refractivity contribution is 0.623. The number of hydrogen-bond acceptors (Lipinski definition) is 4. The molecule has 3 rings (SSSR count). The average Bonchev–Trinajstić information content (AvgIpc) is 2.75. The van der Waals surface area contributed by atoms with E-state index in [-0.39, 0.29) is 0 Å². The van der Waals surface area contributed by atoms with Crippen molar-refractivity contribution in [2.45, 2.75) is 0 Å². The van der Waals surface area contributed by atoms with Gasteiger partial charge in [-0.05, 0) is 52.3 Å². The van der Waals surface area contributed by atoms with Gasteiger partial charge in [0.15, 0.2) is 5.58 Å². The number of rotatable bonds is 2. The van der Waals surface area contributed by atoms with Gasteiger partial charge >= 0.3 is 0 Å². The summed E-state index contributed by atoms with van der Waals surface area (Å²) in [6.45, 7) is 0. The fourth-order valence-corrected chi connectivity index (χ4v) is 2.22. The summed E-state index contributed by atoms with van der Waals surface area (Å²) in [5.74, 6) is 0. The van der Waals surface area contributed by atoms with E-state index in [9.17, 15) is 0 Å². The number of aromatic nitrogens is 1. The van der Waals surface area contributed by atoms with Gasteiger partial charge in [0.25, 0.3) is 6.01 Å². The highest BCUT2D eigenvalue weighted by Gasteiger charge is 2.08. The minimum absolute atomic E-state index is 0.392. The highest BCUT2D eigenvalue weighted by atomic mass is 79.9. The molecule has 0 unspecified atom stereocenters. The molecule has 19 heavy (non-hydrogen) atoms. The van der Waals surface area contributed by atoms with E-state index in [1.54, 1.807) is 30.3 Å². The lowest BCUT2D eigenvalue weighted by Crippen LogP contribution is -1.91. The summed E-state index contributed by atoms with van der Waals surface area (Å²) in [6, 6.07) is 11.1. The Labute approximate surface area is 122 Å². The molecule has 3 N–H and O–H groups in total. The lowest BCUT2D eigenvalue weighted by atomic mass is 10.3. The number of oxazole rings is 1. The summed E-state index contributed by atoms with van der Waals surface area (Å²) < 4.78 is 6.45. The number of benzene rings is 2. The van der Waals surface area contributed by atoms with E-state index < -0.39 is 0 Å². The SMILES string of the molecule is Nc1ccc2oc(Nc3cc(Cl)ccc3Br)nc2c1. The van der Waals surface area contributed by atoms with Gasteiger partial charge in [-0.15, -0.1) is 0 Å². The number of hydrogen-bond donors (Lipinski definition) is 2. The Kier molecular flexibility index (Phi) is 3.08. The van der Waals surface area contributed by atoms with Crippen LogP contribution in [0.25, 0.3) is 11.1 Å². The molecular weight excluding hydrogens is 330 g/mol. The monoisotopic (exact) mass is 337 g/mol. The Morgan fingerprint density at radius 2 is 2.05 bits per heavy atom. The minimum Gasteiger partial charge on any atom is -0.423 e. The van der Waals surface area contributed by atoms with Gasteiger partial charge in [-0.1, -0.05) is 11.6 Å². The van der Waals surface area contributed by atoms with Crippen molar-refractivity contribution in [2.75, 3.05) is 11.1 Å². The zero-order valence-electron chi connectivity index (χ0n) is 9.65. The fourth-order valence-electron chi connectivity index (χ4n) is 1.71. The molecule has 0 radical (unpaired) electrons. The van der Waals surface area contributed by atoms with Gasteiger partial charge in [0.1, 0.15) is 5.52 Å². The topological polar surface area (TPSA) is 64.1 Å². The van der Waals surface area contributed by atoms with Crippen molar-refractivity contribution in [1.82, 2.24) is 4.98 Å². The van der Waals surface area contributed by atoms with Crippen LogP contribution < -0.4 is 11.1 Å². The maximum absolute atomic E-state index is 5.95. The van der Waals surface area contributed by atoms with Crippen LogP contribution >= 0.6 is 27.5 Å². The smallest absolute Gasteiger partial charge is 0.300 e. The van der Waals surface area contributed by atoms with Gasteiger partial charge in [-0.2, -0.15) is 4.98 Å². The van der Waals surface area contributed by atoms with Crippen LogP contribution in [0.5, 0.6) is 0 Å². The third-order valence-electron chi connectivity index (χ3n) is 2.58. The molecular formula is C13H9BrClN3O. The van der Waals surface area contributed by atoms with Crippen molar-refractivity contribution in [2.24, 2.45) is 0 Å². The van der Waals surface area contributed by atoms with Gasteiger partial charge in [-0.3, -0.25) is 0 Å². The van der Waals surface area contributed by atoms with Crippen LogP contribution in [0.3, 0.4) is 0 Å². The molecule has 6 heteroatoms. The summed E-state index contributed by atoms with van der Waals surface area (Å²) >= 11 is 9.39. The van der Waals surface area contributed by atoms with Crippen LogP contribution in [0.1, 0.15) is 0 Å². The molecule has 2 aromatic carbocycles. The van der Waals surface area contributed by atoms with Crippen LogP contribution in [-0.4, -0.2) is 4.98 Å². The first kappa shape index (κ1) is 12.3. The Bertz CT molecular complexity index is 757. The first-order valence-electron chi connectivity index (χ1n) is 5.50. The van der Waals surface area contributed by atoms with Gasteiger partial charge in [0.2, 0.25) is 0 Å². The summed E-state index contributed by atoms with van der Waals surface area (Å²) in [5, 5.41) is 3.70. The highest BCUT2D eigenvalue weighted by Crippen LogP contribution is 2.30. The van der Waals surface area contributed by atoms with E-state index in [1.807, 2.05) is 6.07 Å². The van der Waals surface area contributed by atoms with Gasteiger partial charge in [0.05, 0.1) is 5.69 Å². The van der Waals surface area contributed by atoms with Crippen molar-refractivity contribution in [3.8, 4) is 0 Å². The molecule has 96 valence electrons. The maximum Gasteiger partial charge on any atom is 0.300 e. The molecule has 4 nitrogen and oxygen atoms in total. The second kappa shape index (κ2) is 4.75. The Hall–Kier alpha value is -1.72. The van der Waals surface area contributed by atoms with Crippen LogP contribution in [0.4, 0.5) is 17.4 Å². The minimum atomic E-state index is 0.392. The first-order valence-corrected chi connectivity index (χ1v) is 6.67. The van der Waals surface area contributed by atoms with Crippen LogP contribution in [0.2, 0.25) is 5.02 Å². The average molecular weight is 339 g/mol. The van der Waals surface area contributed by atoms with Crippen molar-refractivity contribution in [3.05, 3.63) is 45.9 Å². The quantitative estimate of drug-likeness (QED) is 0.672. The molecule has 0 fully saturated rings. The molecule has 0 spiro atoms. The number of fused-ring (bicyclic) bond motifs is 1. The van der Waals surface area contributed by atoms with E-state index in [4.69, 9.17) is 21.8 Å². The zero-order valence-corrected chi connectivity index (χ0v) is 12.0. The van der Waals surface area contributed by atoms with Gasteiger partial charge in [-0.25, -0.2) is 0 Å². The summed E-state index contributed by atoms with van der Waals surface area (Å²) in [4.78, 5) is 4.32. The largest absolute Gasteiger partial charge is 0.423 e. The summed E-state index contributed by atoms with van der Waals surface area (Å²) in [6.07, 6.45) is 0. The lowest BCUT2D eigenvalue weighted by Gasteiger charge is -2.04. The van der Waals surface area contributed by atoms with E-state index in [2.05, 4.69) is 26.2 Å². The van der Waals surface area contributed by atoms with Gasteiger partial charge < -0.3 is 15.5 Å². The molecule has 0 aliphatic carbocycles. The van der Waals surface area contributed by atoms with Crippen LogP contribution in [-0.2, 0) is 0 Å². The van der Waals surface area contributed by atoms with Crippen molar-refractivity contribution >= 4 is 56.0 Å². The maximum atomic E-state index is 5.95. The van der Waals surface area contributed by atoms with E-state index >= 15 is 0 Å². The van der Waals surface area contributed by atoms with Crippen LogP contribution in [0, 0.1) is 0 Å². The number of halogens is 2. The number of nitrogens with zero attached hydrogens (tertiary/aromatic N) is 1. The van der Waals surface area contributed by atoms with E-state index in [0.29, 0.717) is 27.8 Å². The molecule has 0 atom stereocenters. The molecule has 0 amide bonds. The Balaban J connectivity index is 1.98. The standard InChI is InChI=1S/C13H9BrClN3O/c14-9-3-1-7(15)5-10(9)17-13-18-11-6-8(16)2-4-12(11)19-13/h1-6H,16H2,(H,17,18). The van der Waals surface area contributed by atoms with E-state index in [1.165, 1.54) is 0 Å². The van der Waals surface area contributed by atoms with Crippen molar-refractivity contribution in [3.63, 3.8) is 0 Å². The zero-order chi connectivity index (χ0) is 13.4. The normalized spacial score (nSPS) is 10.8. The second-order valence-corrected chi connectivity index (χ2v) is 5.29. The predicted octanol–water partition coefficient (Wildman–Crippen LogP) is 4.57. The highest BCUT2D eigenvalue weighted by molar-refractivity contribution is 9.10. The Morgan fingerprint density at radius 3 is 2.89 bits per heavy atom. The number of nitrogens with one attached hydrogen (secondary N) is 1. The fraction of sp³-hybridized carbons (Fsp3) is 0. The van der Waals surface area contributed by atoms with Crippen LogP contribution in [0.15, 0.2) is 45.3 Å². The molecule has 0 bridgehead atoms. The summed E-state index contributed by atoms with van der Waals surface area (Å²) in [5.41, 5.74) is 8.52. The number of nitrogens with two attached hydrogens (primary N) is 1. The van der Waals surface area contributed by atoms with Gasteiger partial charge in [0, 0.05) is 15.2 Å². The molecule has 1 aromatic heterocycles. The Morgan fingerprint density at radius 1 is 1.21 bits per heavy atom. The molecule has 0 aliphatic rings. The predicted molar refractivity (Wildman–Crippen MR) is 80.9 cm³/mol. The third kappa shape index (κ3) is 2.52. The summed E-state index contributed by atoms with van der Waals surface area (Å²) in [7, 11) is 0. The second-order valence-electron chi connectivity index (χ2n) is 4.00. The molecule has 0 aliphatic heterocycles. The van der Waals surface area contributed by atoms with Crippen molar-refractivity contribution in [1.29, 1.82) is 0 Å². The first-order chi connectivity index (χ1) is 9.11. The number of anilines is 3. The molecule has 3 aromatic rings.